The SMILES string of the molecule is CC(C)(C)NC(=O)CNc1nc(Cl)ncc1F. The third-order valence-electron chi connectivity index (χ3n) is 1.65. The summed E-state index contributed by atoms with van der Waals surface area (Å²) in [6.07, 6.45) is 0.944. The van der Waals surface area contributed by atoms with Crippen molar-refractivity contribution in [2.24, 2.45) is 0 Å². The Kier molecular flexibility index (Phi) is 4.22. The molecule has 0 aliphatic heterocycles. The van der Waals surface area contributed by atoms with Crippen molar-refractivity contribution in [3.05, 3.63) is 17.3 Å². The van der Waals surface area contributed by atoms with E-state index in [1.165, 1.54) is 0 Å². The number of amides is 1. The molecule has 1 rings (SSSR count). The monoisotopic (exact) mass is 260 g/mol. The molecule has 0 aliphatic rings. The minimum absolute atomic E-state index is 0.0786. The molecule has 2 N–H and O–H groups in total. The van der Waals surface area contributed by atoms with Crippen LogP contribution in [0.3, 0.4) is 0 Å². The summed E-state index contributed by atoms with van der Waals surface area (Å²) < 4.78 is 13.2. The van der Waals surface area contributed by atoms with Gasteiger partial charge in [-0.2, -0.15) is 4.98 Å². The molecule has 0 radical (unpaired) electrons. The standard InChI is InChI=1S/C10H14ClFN4O/c1-10(2,3)16-7(17)5-13-8-6(12)4-14-9(11)15-8/h4H,5H2,1-3H3,(H,16,17)(H,13,14,15). The summed E-state index contributed by atoms with van der Waals surface area (Å²) in [4.78, 5) is 18.5. The molecule has 1 aromatic heterocycles. The number of rotatable bonds is 3. The molecule has 0 atom stereocenters. The van der Waals surface area contributed by atoms with Crippen molar-refractivity contribution in [1.82, 2.24) is 15.3 Å². The highest BCUT2D eigenvalue weighted by atomic mass is 35.5. The van der Waals surface area contributed by atoms with Gasteiger partial charge < -0.3 is 10.6 Å². The Labute approximate surface area is 104 Å². The summed E-state index contributed by atoms with van der Waals surface area (Å²) in [5.41, 5.74) is -0.333. The van der Waals surface area contributed by atoms with Crippen molar-refractivity contribution in [2.75, 3.05) is 11.9 Å². The van der Waals surface area contributed by atoms with Crippen molar-refractivity contribution in [3.8, 4) is 0 Å². The zero-order chi connectivity index (χ0) is 13.1. The quantitative estimate of drug-likeness (QED) is 0.810. The van der Waals surface area contributed by atoms with Crippen molar-refractivity contribution in [2.45, 2.75) is 26.3 Å². The number of carbonyl (C=O) groups excluding carboxylic acids is 1. The fourth-order valence-electron chi connectivity index (χ4n) is 1.10. The molecule has 0 fully saturated rings. The molecule has 17 heavy (non-hydrogen) atoms. The van der Waals surface area contributed by atoms with Crippen LogP contribution in [0.5, 0.6) is 0 Å². The second-order valence-corrected chi connectivity index (χ2v) is 4.83. The number of anilines is 1. The first-order chi connectivity index (χ1) is 7.78. The Morgan fingerprint density at radius 3 is 2.76 bits per heavy atom. The number of hydrogen-bond acceptors (Lipinski definition) is 4. The van der Waals surface area contributed by atoms with E-state index in [1.54, 1.807) is 0 Å². The summed E-state index contributed by atoms with van der Waals surface area (Å²) in [5, 5.41) is 5.20. The van der Waals surface area contributed by atoms with E-state index in [2.05, 4.69) is 20.6 Å². The zero-order valence-electron chi connectivity index (χ0n) is 9.84. The lowest BCUT2D eigenvalue weighted by atomic mass is 10.1. The molecular formula is C10H14ClFN4O. The van der Waals surface area contributed by atoms with Crippen LogP contribution in [0, 0.1) is 5.82 Å². The molecule has 0 spiro atoms. The predicted molar refractivity (Wildman–Crippen MR) is 63.4 cm³/mol. The van der Waals surface area contributed by atoms with Crippen LogP contribution in [0.4, 0.5) is 10.2 Å². The van der Waals surface area contributed by atoms with Crippen LogP contribution in [0.2, 0.25) is 5.28 Å². The van der Waals surface area contributed by atoms with Gasteiger partial charge in [-0.3, -0.25) is 4.79 Å². The molecule has 1 aromatic rings. The second kappa shape index (κ2) is 5.27. The van der Waals surface area contributed by atoms with Gasteiger partial charge in [0.05, 0.1) is 12.7 Å². The smallest absolute Gasteiger partial charge is 0.239 e. The summed E-state index contributed by atoms with van der Waals surface area (Å²) in [6, 6.07) is 0. The van der Waals surface area contributed by atoms with E-state index in [4.69, 9.17) is 11.6 Å². The van der Waals surface area contributed by atoms with Gasteiger partial charge in [0.2, 0.25) is 11.2 Å². The van der Waals surface area contributed by atoms with E-state index in [1.807, 2.05) is 20.8 Å². The van der Waals surface area contributed by atoms with E-state index in [9.17, 15) is 9.18 Å². The first-order valence-electron chi connectivity index (χ1n) is 5.01. The minimum Gasteiger partial charge on any atom is -0.358 e. The van der Waals surface area contributed by atoms with Gasteiger partial charge in [-0.05, 0) is 32.4 Å². The van der Waals surface area contributed by atoms with Crippen molar-refractivity contribution in [1.29, 1.82) is 0 Å². The lowest BCUT2D eigenvalue weighted by Crippen LogP contribution is -2.43. The molecule has 0 bridgehead atoms. The average molecular weight is 261 g/mol. The van der Waals surface area contributed by atoms with Crippen LogP contribution in [0.1, 0.15) is 20.8 Å². The predicted octanol–water partition coefficient (Wildman–Crippen LogP) is 1.60. The van der Waals surface area contributed by atoms with Gasteiger partial charge in [-0.25, -0.2) is 9.37 Å². The van der Waals surface area contributed by atoms with Gasteiger partial charge in [0, 0.05) is 5.54 Å². The lowest BCUT2D eigenvalue weighted by molar-refractivity contribution is -0.120. The third kappa shape index (κ3) is 4.95. The first-order valence-corrected chi connectivity index (χ1v) is 5.38. The maximum absolute atomic E-state index is 13.2. The van der Waals surface area contributed by atoms with Crippen LogP contribution in [-0.4, -0.2) is 28.0 Å². The van der Waals surface area contributed by atoms with E-state index in [0.29, 0.717) is 0 Å². The fourth-order valence-corrected chi connectivity index (χ4v) is 1.23. The molecule has 0 saturated carbocycles. The van der Waals surface area contributed by atoms with Crippen molar-refractivity contribution >= 4 is 23.3 Å². The van der Waals surface area contributed by atoms with Crippen molar-refractivity contribution in [3.63, 3.8) is 0 Å². The highest BCUT2D eigenvalue weighted by Crippen LogP contribution is 2.11. The topological polar surface area (TPSA) is 66.9 Å². The number of aromatic nitrogens is 2. The van der Waals surface area contributed by atoms with E-state index >= 15 is 0 Å². The average Bonchev–Trinajstić information content (AvgIpc) is 2.17. The van der Waals surface area contributed by atoms with E-state index in [-0.39, 0.29) is 29.1 Å². The fraction of sp³-hybridized carbons (Fsp3) is 0.500. The normalized spacial score (nSPS) is 11.1. The van der Waals surface area contributed by atoms with E-state index < -0.39 is 5.82 Å². The summed E-state index contributed by atoms with van der Waals surface area (Å²) >= 11 is 5.51. The van der Waals surface area contributed by atoms with Gasteiger partial charge in [0.1, 0.15) is 0 Å². The lowest BCUT2D eigenvalue weighted by Gasteiger charge is -2.20. The van der Waals surface area contributed by atoms with Gasteiger partial charge in [-0.15, -0.1) is 0 Å². The van der Waals surface area contributed by atoms with Gasteiger partial charge >= 0.3 is 0 Å². The molecular weight excluding hydrogens is 247 g/mol. The Balaban J connectivity index is 2.56. The molecule has 1 heterocycles. The number of nitrogens with one attached hydrogen (secondary N) is 2. The molecule has 0 aromatic carbocycles. The number of halogens is 2. The Morgan fingerprint density at radius 2 is 2.18 bits per heavy atom. The van der Waals surface area contributed by atoms with Crippen LogP contribution in [-0.2, 0) is 4.79 Å². The molecule has 5 nitrogen and oxygen atoms in total. The molecule has 1 amide bonds. The molecule has 94 valence electrons. The largest absolute Gasteiger partial charge is 0.358 e. The van der Waals surface area contributed by atoms with Gasteiger partial charge in [0.25, 0.3) is 0 Å². The van der Waals surface area contributed by atoms with Crippen LogP contribution >= 0.6 is 11.6 Å². The molecule has 7 heteroatoms. The van der Waals surface area contributed by atoms with Crippen LogP contribution in [0.25, 0.3) is 0 Å². The van der Waals surface area contributed by atoms with E-state index in [0.717, 1.165) is 6.20 Å². The maximum Gasteiger partial charge on any atom is 0.239 e. The second-order valence-electron chi connectivity index (χ2n) is 4.49. The Morgan fingerprint density at radius 1 is 1.53 bits per heavy atom. The van der Waals surface area contributed by atoms with Gasteiger partial charge in [-0.1, -0.05) is 0 Å². The number of nitrogens with zero attached hydrogens (tertiary/aromatic N) is 2. The highest BCUT2D eigenvalue weighted by molar-refractivity contribution is 6.28. The number of carbonyl (C=O) groups is 1. The highest BCUT2D eigenvalue weighted by Gasteiger charge is 2.14. The Bertz CT molecular complexity index is 419. The van der Waals surface area contributed by atoms with Crippen molar-refractivity contribution < 1.29 is 9.18 Å². The summed E-state index contributed by atoms with van der Waals surface area (Å²) in [6.45, 7) is 5.48. The number of hydrogen-bond donors (Lipinski definition) is 2. The zero-order valence-corrected chi connectivity index (χ0v) is 10.6. The first kappa shape index (κ1) is 13.6. The summed E-state index contributed by atoms with van der Waals surface area (Å²) in [7, 11) is 0. The third-order valence-corrected chi connectivity index (χ3v) is 1.83. The van der Waals surface area contributed by atoms with Crippen LogP contribution < -0.4 is 10.6 Å². The minimum atomic E-state index is -0.655. The van der Waals surface area contributed by atoms with Gasteiger partial charge in [0.15, 0.2) is 11.6 Å². The van der Waals surface area contributed by atoms with Crippen LogP contribution in [0.15, 0.2) is 6.20 Å². The maximum atomic E-state index is 13.2. The molecule has 0 aliphatic carbocycles. The molecule has 0 saturated heterocycles. The summed E-state index contributed by atoms with van der Waals surface area (Å²) in [5.74, 6) is -1.00. The Hall–Kier alpha value is -1.43. The molecule has 0 unspecified atom stereocenters.